The minimum atomic E-state index is -0.952. The summed E-state index contributed by atoms with van der Waals surface area (Å²) in [5, 5.41) is 12.3. The Morgan fingerprint density at radius 1 is 1.29 bits per heavy atom. The fraction of sp³-hybridized carbons (Fsp3) is 0.316. The highest BCUT2D eigenvalue weighted by Crippen LogP contribution is 2.45. The van der Waals surface area contributed by atoms with Crippen molar-refractivity contribution in [2.45, 2.75) is 25.0 Å². The largest absolute Gasteiger partial charge is 0.478 e. The molecule has 2 aromatic rings. The molecule has 0 amide bonds. The van der Waals surface area contributed by atoms with E-state index in [2.05, 4.69) is 5.32 Å². The van der Waals surface area contributed by atoms with Crippen LogP contribution in [0, 0.1) is 5.82 Å². The van der Waals surface area contributed by atoms with Gasteiger partial charge in [-0.3, -0.25) is 0 Å². The molecule has 5 heteroatoms. The van der Waals surface area contributed by atoms with Gasteiger partial charge in [0.05, 0.1) is 12.2 Å². The van der Waals surface area contributed by atoms with E-state index in [0.717, 1.165) is 36.1 Å². The molecular formula is C19H20FNO3. The molecule has 0 aromatic heterocycles. The highest BCUT2D eigenvalue weighted by atomic mass is 19.1. The molecule has 2 N–H and O–H groups in total. The van der Waals surface area contributed by atoms with Gasteiger partial charge in [0, 0.05) is 0 Å². The van der Waals surface area contributed by atoms with E-state index in [9.17, 15) is 14.3 Å². The Labute approximate surface area is 140 Å². The molecule has 2 aromatic carbocycles. The van der Waals surface area contributed by atoms with Crippen molar-refractivity contribution in [1.29, 1.82) is 0 Å². The van der Waals surface area contributed by atoms with Gasteiger partial charge < -0.3 is 15.2 Å². The fourth-order valence-corrected chi connectivity index (χ4v) is 3.34. The summed E-state index contributed by atoms with van der Waals surface area (Å²) >= 11 is 0. The third-order valence-electron chi connectivity index (χ3n) is 4.53. The van der Waals surface area contributed by atoms with Gasteiger partial charge in [-0.15, -0.1) is 0 Å². The number of carboxylic acid groups (broad SMARTS) is 1. The molecule has 0 saturated heterocycles. The van der Waals surface area contributed by atoms with E-state index in [1.165, 1.54) is 12.1 Å². The maximum absolute atomic E-state index is 13.3. The van der Waals surface area contributed by atoms with E-state index >= 15 is 0 Å². The van der Waals surface area contributed by atoms with Crippen molar-refractivity contribution >= 4 is 5.97 Å². The molecule has 0 radical (unpaired) electrons. The van der Waals surface area contributed by atoms with Gasteiger partial charge in [-0.2, -0.15) is 0 Å². The summed E-state index contributed by atoms with van der Waals surface area (Å²) in [6.45, 7) is 1.20. The monoisotopic (exact) mass is 329 g/mol. The first kappa shape index (κ1) is 16.6. The summed E-state index contributed by atoms with van der Waals surface area (Å²) in [4.78, 5) is 11.2. The lowest BCUT2D eigenvalue weighted by atomic mass is 9.81. The second kappa shape index (κ2) is 6.71. The molecule has 24 heavy (non-hydrogen) atoms. The Kier molecular flexibility index (Phi) is 4.64. The summed E-state index contributed by atoms with van der Waals surface area (Å²) < 4.78 is 19.5. The molecule has 126 valence electrons. The van der Waals surface area contributed by atoms with Crippen LogP contribution in [0.1, 0.15) is 39.9 Å². The SMILES string of the molecule is CNCCCC1(c2ccc(F)cc2)OCc2cc(C(=O)O)ccc21. The number of benzene rings is 2. The quantitative estimate of drug-likeness (QED) is 0.799. The molecule has 0 aliphatic carbocycles. The number of carboxylic acids is 1. The van der Waals surface area contributed by atoms with Crippen LogP contribution < -0.4 is 5.32 Å². The maximum atomic E-state index is 13.3. The van der Waals surface area contributed by atoms with Gasteiger partial charge in [0.1, 0.15) is 11.4 Å². The van der Waals surface area contributed by atoms with Crippen molar-refractivity contribution in [1.82, 2.24) is 5.32 Å². The lowest BCUT2D eigenvalue weighted by Gasteiger charge is -2.30. The average molecular weight is 329 g/mol. The first-order valence-corrected chi connectivity index (χ1v) is 7.98. The maximum Gasteiger partial charge on any atom is 0.335 e. The van der Waals surface area contributed by atoms with Gasteiger partial charge in [0.15, 0.2) is 0 Å². The number of hydrogen-bond donors (Lipinski definition) is 2. The summed E-state index contributed by atoms with van der Waals surface area (Å²) in [6, 6.07) is 11.5. The number of nitrogens with one attached hydrogen (secondary N) is 1. The van der Waals surface area contributed by atoms with Crippen molar-refractivity contribution in [3.63, 3.8) is 0 Å². The smallest absolute Gasteiger partial charge is 0.335 e. The first-order valence-electron chi connectivity index (χ1n) is 7.98. The number of halogens is 1. The highest BCUT2D eigenvalue weighted by Gasteiger charge is 2.41. The number of rotatable bonds is 6. The second-order valence-corrected chi connectivity index (χ2v) is 6.01. The van der Waals surface area contributed by atoms with E-state index < -0.39 is 11.6 Å². The predicted molar refractivity (Wildman–Crippen MR) is 88.5 cm³/mol. The summed E-state index contributed by atoms with van der Waals surface area (Å²) in [7, 11) is 1.90. The predicted octanol–water partition coefficient (Wildman–Crippen LogP) is 3.30. The molecule has 0 bridgehead atoms. The third kappa shape index (κ3) is 2.92. The number of hydrogen-bond acceptors (Lipinski definition) is 3. The zero-order chi connectivity index (χ0) is 17.2. The topological polar surface area (TPSA) is 58.6 Å². The minimum absolute atomic E-state index is 0.252. The molecule has 0 saturated carbocycles. The van der Waals surface area contributed by atoms with Gasteiger partial charge in [0.25, 0.3) is 0 Å². The van der Waals surface area contributed by atoms with Crippen molar-refractivity contribution in [2.24, 2.45) is 0 Å². The van der Waals surface area contributed by atoms with Crippen LogP contribution in [0.5, 0.6) is 0 Å². The van der Waals surface area contributed by atoms with Crippen LogP contribution in [-0.4, -0.2) is 24.7 Å². The van der Waals surface area contributed by atoms with Crippen LogP contribution in [0.4, 0.5) is 4.39 Å². The molecule has 1 aliphatic rings. The highest BCUT2D eigenvalue weighted by molar-refractivity contribution is 5.88. The van der Waals surface area contributed by atoms with E-state index in [0.29, 0.717) is 6.61 Å². The van der Waals surface area contributed by atoms with Crippen LogP contribution in [0.15, 0.2) is 42.5 Å². The third-order valence-corrected chi connectivity index (χ3v) is 4.53. The number of carbonyl (C=O) groups is 1. The van der Waals surface area contributed by atoms with Gasteiger partial charge in [-0.05, 0) is 67.4 Å². The summed E-state index contributed by atoms with van der Waals surface area (Å²) in [5.74, 6) is -1.24. The number of fused-ring (bicyclic) bond motifs is 1. The van der Waals surface area contributed by atoms with Crippen LogP contribution in [-0.2, 0) is 16.9 Å². The van der Waals surface area contributed by atoms with Crippen molar-refractivity contribution in [2.75, 3.05) is 13.6 Å². The molecule has 1 atom stereocenters. The molecule has 0 spiro atoms. The van der Waals surface area contributed by atoms with Crippen LogP contribution >= 0.6 is 0 Å². The second-order valence-electron chi connectivity index (χ2n) is 6.01. The molecule has 3 rings (SSSR count). The molecule has 0 fully saturated rings. The normalized spacial score (nSPS) is 19.2. The first-order chi connectivity index (χ1) is 11.6. The van der Waals surface area contributed by atoms with Crippen LogP contribution in [0.2, 0.25) is 0 Å². The standard InChI is InChI=1S/C19H20FNO3/c1-21-10-2-9-19(15-4-6-16(20)7-5-15)17-8-3-13(18(22)23)11-14(17)12-24-19/h3-8,11,21H,2,9-10,12H2,1H3,(H,22,23). The van der Waals surface area contributed by atoms with Gasteiger partial charge in [-0.25, -0.2) is 9.18 Å². The molecule has 4 nitrogen and oxygen atoms in total. The lowest BCUT2D eigenvalue weighted by molar-refractivity contribution is -0.0128. The zero-order valence-corrected chi connectivity index (χ0v) is 13.5. The fourth-order valence-electron chi connectivity index (χ4n) is 3.34. The molecular weight excluding hydrogens is 309 g/mol. The van der Waals surface area contributed by atoms with E-state index in [1.807, 2.05) is 13.1 Å². The minimum Gasteiger partial charge on any atom is -0.478 e. The molecule has 1 aliphatic heterocycles. The lowest BCUT2D eigenvalue weighted by Crippen LogP contribution is -2.28. The number of ether oxygens (including phenoxy) is 1. The Balaban J connectivity index is 2.05. The van der Waals surface area contributed by atoms with Crippen LogP contribution in [0.25, 0.3) is 0 Å². The van der Waals surface area contributed by atoms with Gasteiger partial charge in [0.2, 0.25) is 0 Å². The Morgan fingerprint density at radius 2 is 2.04 bits per heavy atom. The zero-order valence-electron chi connectivity index (χ0n) is 13.5. The average Bonchev–Trinajstić information content (AvgIpc) is 2.95. The van der Waals surface area contributed by atoms with Crippen molar-refractivity contribution in [3.05, 3.63) is 70.5 Å². The van der Waals surface area contributed by atoms with Gasteiger partial charge >= 0.3 is 5.97 Å². The van der Waals surface area contributed by atoms with Crippen LogP contribution in [0.3, 0.4) is 0 Å². The Bertz CT molecular complexity index is 745. The number of aromatic carboxylic acids is 1. The molecule has 1 unspecified atom stereocenters. The molecule has 1 heterocycles. The van der Waals surface area contributed by atoms with Crippen molar-refractivity contribution in [3.8, 4) is 0 Å². The van der Waals surface area contributed by atoms with Crippen molar-refractivity contribution < 1.29 is 19.0 Å². The Morgan fingerprint density at radius 3 is 2.71 bits per heavy atom. The van der Waals surface area contributed by atoms with Gasteiger partial charge in [-0.1, -0.05) is 18.2 Å². The Hall–Kier alpha value is -2.24. The van der Waals surface area contributed by atoms with E-state index in [-0.39, 0.29) is 11.4 Å². The van der Waals surface area contributed by atoms with E-state index in [1.54, 1.807) is 24.3 Å². The summed E-state index contributed by atoms with van der Waals surface area (Å²) in [5.41, 5.74) is 2.33. The van der Waals surface area contributed by atoms with E-state index in [4.69, 9.17) is 4.74 Å². The summed E-state index contributed by atoms with van der Waals surface area (Å²) in [6.07, 6.45) is 1.62.